The summed E-state index contributed by atoms with van der Waals surface area (Å²) in [6, 6.07) is 8.29. The minimum atomic E-state index is -0.383. The Morgan fingerprint density at radius 3 is 2.53 bits per heavy atom. The minimum Gasteiger partial charge on any atom is -0.494 e. The van der Waals surface area contributed by atoms with Gasteiger partial charge in [-0.2, -0.15) is 0 Å². The molecule has 1 N–H and O–H groups in total. The quantitative estimate of drug-likeness (QED) is 0.906. The highest BCUT2D eigenvalue weighted by molar-refractivity contribution is 6.31. The normalized spacial score (nSPS) is 10.3. The molecule has 2 aromatic rings. The highest BCUT2D eigenvalue weighted by atomic mass is 35.5. The van der Waals surface area contributed by atoms with Crippen LogP contribution in [0.2, 0.25) is 5.02 Å². The van der Waals surface area contributed by atoms with Crippen molar-refractivity contribution in [2.75, 3.05) is 12.4 Å². The molecule has 0 aromatic heterocycles. The highest BCUT2D eigenvalue weighted by Gasteiger charge is 2.06. The first kappa shape index (κ1) is 13.6. The van der Waals surface area contributed by atoms with Crippen LogP contribution in [0.1, 0.15) is 5.56 Å². The molecule has 0 fully saturated rings. The van der Waals surface area contributed by atoms with Gasteiger partial charge in [0.1, 0.15) is 17.4 Å². The molecule has 0 heterocycles. The molecule has 0 unspecified atom stereocenters. The van der Waals surface area contributed by atoms with Crippen LogP contribution in [0.4, 0.5) is 14.5 Å². The number of nitrogens with one attached hydrogen (secondary N) is 1. The molecular weight excluding hydrogens is 272 g/mol. The lowest BCUT2D eigenvalue weighted by atomic mass is 10.2. The lowest BCUT2D eigenvalue weighted by Gasteiger charge is -2.12. The Bertz CT molecular complexity index is 590. The largest absolute Gasteiger partial charge is 0.494 e. The van der Waals surface area contributed by atoms with E-state index in [0.29, 0.717) is 28.6 Å². The molecule has 2 aromatic carbocycles. The minimum absolute atomic E-state index is 0.318. The topological polar surface area (TPSA) is 21.3 Å². The van der Waals surface area contributed by atoms with Gasteiger partial charge in [-0.3, -0.25) is 0 Å². The molecule has 0 radical (unpaired) electrons. The molecule has 5 heteroatoms. The maximum atomic E-state index is 13.1. The summed E-state index contributed by atoms with van der Waals surface area (Å²) in [7, 11) is 1.45. The Kier molecular flexibility index (Phi) is 4.22. The zero-order valence-electron chi connectivity index (χ0n) is 10.2. The first-order chi connectivity index (χ1) is 9.10. The molecule has 2 rings (SSSR count). The van der Waals surface area contributed by atoms with E-state index in [1.807, 2.05) is 0 Å². The summed E-state index contributed by atoms with van der Waals surface area (Å²) in [4.78, 5) is 0. The van der Waals surface area contributed by atoms with Crippen LogP contribution < -0.4 is 10.1 Å². The van der Waals surface area contributed by atoms with Gasteiger partial charge in [-0.25, -0.2) is 8.78 Å². The van der Waals surface area contributed by atoms with Crippen molar-refractivity contribution in [2.45, 2.75) is 6.54 Å². The molecule has 100 valence electrons. The van der Waals surface area contributed by atoms with Crippen molar-refractivity contribution in [3.8, 4) is 5.75 Å². The van der Waals surface area contributed by atoms with Crippen molar-refractivity contribution in [1.82, 2.24) is 0 Å². The molecule has 0 amide bonds. The summed E-state index contributed by atoms with van der Waals surface area (Å²) in [5.74, 6) is -0.356. The molecule has 0 spiro atoms. The lowest BCUT2D eigenvalue weighted by Crippen LogP contribution is -2.02. The van der Waals surface area contributed by atoms with Gasteiger partial charge >= 0.3 is 0 Å². The number of benzene rings is 2. The van der Waals surface area contributed by atoms with Crippen LogP contribution in [0.25, 0.3) is 0 Å². The number of hydrogen-bond donors (Lipinski definition) is 1. The average Bonchev–Trinajstić information content (AvgIpc) is 2.40. The third-order valence-electron chi connectivity index (χ3n) is 2.64. The molecule has 0 atom stereocenters. The molecule has 0 aliphatic heterocycles. The molecule has 0 aliphatic rings. The standard InChI is InChI=1S/C14H12ClF2NO/c1-19-14-7-11(17)3-5-13(14)18-8-9-6-10(16)2-4-12(9)15/h2-7,18H,8H2,1H3. The summed E-state index contributed by atoms with van der Waals surface area (Å²) < 4.78 is 31.2. The fraction of sp³-hybridized carbons (Fsp3) is 0.143. The highest BCUT2D eigenvalue weighted by Crippen LogP contribution is 2.26. The molecule has 0 saturated heterocycles. The van der Waals surface area contributed by atoms with E-state index >= 15 is 0 Å². The van der Waals surface area contributed by atoms with Gasteiger partial charge in [0.05, 0.1) is 12.8 Å². The van der Waals surface area contributed by atoms with E-state index in [4.69, 9.17) is 16.3 Å². The van der Waals surface area contributed by atoms with Crippen LogP contribution in [0.3, 0.4) is 0 Å². The van der Waals surface area contributed by atoms with E-state index in [1.165, 1.54) is 37.4 Å². The smallest absolute Gasteiger partial charge is 0.144 e. The SMILES string of the molecule is COc1cc(F)ccc1NCc1cc(F)ccc1Cl. The van der Waals surface area contributed by atoms with Crippen LogP contribution in [0, 0.1) is 11.6 Å². The van der Waals surface area contributed by atoms with Crippen molar-refractivity contribution in [3.05, 3.63) is 58.6 Å². The van der Waals surface area contributed by atoms with Crippen molar-refractivity contribution >= 4 is 17.3 Å². The predicted molar refractivity (Wildman–Crippen MR) is 71.7 cm³/mol. The van der Waals surface area contributed by atoms with Gasteiger partial charge in [0.25, 0.3) is 0 Å². The van der Waals surface area contributed by atoms with Crippen molar-refractivity contribution in [1.29, 1.82) is 0 Å². The van der Waals surface area contributed by atoms with Crippen molar-refractivity contribution in [2.24, 2.45) is 0 Å². The number of rotatable bonds is 4. The Labute approximate surface area is 115 Å². The van der Waals surface area contributed by atoms with Crippen molar-refractivity contribution < 1.29 is 13.5 Å². The van der Waals surface area contributed by atoms with Crippen LogP contribution in [0.15, 0.2) is 36.4 Å². The van der Waals surface area contributed by atoms with Crippen LogP contribution in [-0.4, -0.2) is 7.11 Å². The summed E-state index contributed by atoms with van der Waals surface area (Å²) in [5.41, 5.74) is 1.23. The van der Waals surface area contributed by atoms with Gasteiger partial charge in [-0.1, -0.05) is 11.6 Å². The van der Waals surface area contributed by atoms with E-state index in [-0.39, 0.29) is 11.6 Å². The van der Waals surface area contributed by atoms with Gasteiger partial charge in [0, 0.05) is 17.6 Å². The zero-order valence-corrected chi connectivity index (χ0v) is 11.0. The van der Waals surface area contributed by atoms with Crippen LogP contribution in [-0.2, 0) is 6.54 Å². The van der Waals surface area contributed by atoms with Crippen LogP contribution >= 0.6 is 11.6 Å². The van der Waals surface area contributed by atoms with E-state index in [0.717, 1.165) is 0 Å². The second kappa shape index (κ2) is 5.89. The maximum Gasteiger partial charge on any atom is 0.144 e. The first-order valence-electron chi connectivity index (χ1n) is 5.61. The Morgan fingerprint density at radius 2 is 1.79 bits per heavy atom. The Balaban J connectivity index is 2.16. The number of halogens is 3. The predicted octanol–water partition coefficient (Wildman–Crippen LogP) is 4.24. The van der Waals surface area contributed by atoms with E-state index < -0.39 is 0 Å². The van der Waals surface area contributed by atoms with E-state index in [1.54, 1.807) is 6.07 Å². The molecular formula is C14H12ClF2NO. The lowest BCUT2D eigenvalue weighted by molar-refractivity contribution is 0.413. The van der Waals surface area contributed by atoms with E-state index in [2.05, 4.69) is 5.32 Å². The number of ether oxygens (including phenoxy) is 1. The molecule has 2 nitrogen and oxygen atoms in total. The number of hydrogen-bond acceptors (Lipinski definition) is 2. The monoisotopic (exact) mass is 283 g/mol. The van der Waals surface area contributed by atoms with Gasteiger partial charge < -0.3 is 10.1 Å². The van der Waals surface area contributed by atoms with Crippen molar-refractivity contribution in [3.63, 3.8) is 0 Å². The van der Waals surface area contributed by atoms with Gasteiger partial charge in [-0.15, -0.1) is 0 Å². The number of anilines is 1. The zero-order chi connectivity index (χ0) is 13.8. The Morgan fingerprint density at radius 1 is 1.11 bits per heavy atom. The second-order valence-electron chi connectivity index (χ2n) is 3.93. The molecule has 19 heavy (non-hydrogen) atoms. The average molecular weight is 284 g/mol. The maximum absolute atomic E-state index is 13.1. The second-order valence-corrected chi connectivity index (χ2v) is 4.34. The summed E-state index contributed by atoms with van der Waals surface area (Å²) >= 11 is 5.96. The van der Waals surface area contributed by atoms with Gasteiger partial charge in [0.15, 0.2) is 0 Å². The van der Waals surface area contributed by atoms with Gasteiger partial charge in [-0.05, 0) is 35.9 Å². The third-order valence-corrected chi connectivity index (χ3v) is 3.01. The summed E-state index contributed by atoms with van der Waals surface area (Å²) in [6.45, 7) is 0.318. The fourth-order valence-electron chi connectivity index (χ4n) is 1.68. The van der Waals surface area contributed by atoms with Crippen LogP contribution in [0.5, 0.6) is 5.75 Å². The molecule has 0 aliphatic carbocycles. The summed E-state index contributed by atoms with van der Waals surface area (Å²) in [6.07, 6.45) is 0. The van der Waals surface area contributed by atoms with E-state index in [9.17, 15) is 8.78 Å². The molecule has 0 saturated carbocycles. The van der Waals surface area contributed by atoms with Gasteiger partial charge in [0.2, 0.25) is 0 Å². The fourth-order valence-corrected chi connectivity index (χ4v) is 1.86. The molecule has 0 bridgehead atoms. The summed E-state index contributed by atoms with van der Waals surface area (Å²) in [5, 5.41) is 3.50. The number of methoxy groups -OCH3 is 1. The Hall–Kier alpha value is -1.81. The first-order valence-corrected chi connectivity index (χ1v) is 5.99. The third kappa shape index (κ3) is 3.35.